The Hall–Kier alpha value is -1.33. The SMILES string of the molecule is C1=CNC2NC3CCNOC3=CC2=N1. The van der Waals surface area contributed by atoms with Gasteiger partial charge in [-0.3, -0.25) is 10.3 Å². The van der Waals surface area contributed by atoms with Crippen molar-refractivity contribution in [3.05, 3.63) is 24.2 Å². The third kappa shape index (κ3) is 1.21. The molecule has 5 nitrogen and oxygen atoms in total. The lowest BCUT2D eigenvalue weighted by molar-refractivity contribution is 0.0526. The number of rotatable bonds is 0. The molecule has 3 heterocycles. The van der Waals surface area contributed by atoms with Gasteiger partial charge in [0.1, 0.15) is 11.9 Å². The van der Waals surface area contributed by atoms with Crippen molar-refractivity contribution in [2.45, 2.75) is 18.6 Å². The van der Waals surface area contributed by atoms with Crippen molar-refractivity contribution in [3.8, 4) is 0 Å². The van der Waals surface area contributed by atoms with Crippen LogP contribution in [0.15, 0.2) is 29.2 Å². The molecule has 2 unspecified atom stereocenters. The summed E-state index contributed by atoms with van der Waals surface area (Å²) in [4.78, 5) is 9.62. The Morgan fingerprint density at radius 2 is 2.50 bits per heavy atom. The number of nitrogens with one attached hydrogen (secondary N) is 3. The van der Waals surface area contributed by atoms with E-state index in [0.717, 1.165) is 24.4 Å². The van der Waals surface area contributed by atoms with E-state index in [1.54, 1.807) is 6.20 Å². The molecule has 0 amide bonds. The molecule has 5 heteroatoms. The summed E-state index contributed by atoms with van der Waals surface area (Å²) in [5, 5.41) is 6.64. The topological polar surface area (TPSA) is 57.7 Å². The molecule has 0 aromatic carbocycles. The minimum Gasteiger partial charge on any atom is -0.411 e. The molecule has 3 aliphatic rings. The van der Waals surface area contributed by atoms with E-state index in [2.05, 4.69) is 21.1 Å². The summed E-state index contributed by atoms with van der Waals surface area (Å²) in [6.07, 6.45) is 6.77. The number of aliphatic imine (C=N–C) groups is 1. The van der Waals surface area contributed by atoms with E-state index >= 15 is 0 Å². The summed E-state index contributed by atoms with van der Waals surface area (Å²) in [5.41, 5.74) is 3.85. The van der Waals surface area contributed by atoms with Gasteiger partial charge in [-0.1, -0.05) is 0 Å². The maximum absolute atomic E-state index is 5.35. The molecule has 2 atom stereocenters. The molecule has 3 aliphatic heterocycles. The molecule has 0 aromatic rings. The first-order chi connectivity index (χ1) is 6.93. The molecule has 0 radical (unpaired) electrons. The molecular weight excluding hydrogens is 180 g/mol. The molecule has 74 valence electrons. The molecule has 0 spiro atoms. The Balaban J connectivity index is 1.92. The van der Waals surface area contributed by atoms with Gasteiger partial charge in [0.25, 0.3) is 0 Å². The molecule has 14 heavy (non-hydrogen) atoms. The zero-order valence-corrected chi connectivity index (χ0v) is 7.66. The Bertz CT molecular complexity index is 334. The number of hydrogen-bond acceptors (Lipinski definition) is 5. The van der Waals surface area contributed by atoms with Crippen LogP contribution in [0.5, 0.6) is 0 Å². The minimum atomic E-state index is 0.135. The number of nitrogens with zero attached hydrogens (tertiary/aromatic N) is 1. The van der Waals surface area contributed by atoms with Crippen molar-refractivity contribution < 1.29 is 4.84 Å². The fourth-order valence-electron chi connectivity index (χ4n) is 1.87. The van der Waals surface area contributed by atoms with Gasteiger partial charge >= 0.3 is 0 Å². The molecule has 0 bridgehead atoms. The van der Waals surface area contributed by atoms with Crippen LogP contribution in [0.3, 0.4) is 0 Å². The fourth-order valence-corrected chi connectivity index (χ4v) is 1.87. The first-order valence-electron chi connectivity index (χ1n) is 4.79. The standard InChI is InChI=1S/C9H12N4O/c1-2-12-14-8-5-7-9(13-6(1)8)11-4-3-10-7/h3-6,9,11-13H,1-2H2. The number of hydroxylamine groups is 1. The first-order valence-corrected chi connectivity index (χ1v) is 4.79. The van der Waals surface area contributed by atoms with Gasteiger partial charge in [-0.2, -0.15) is 5.48 Å². The lowest BCUT2D eigenvalue weighted by Gasteiger charge is -2.35. The van der Waals surface area contributed by atoms with Crippen molar-refractivity contribution in [2.75, 3.05) is 6.54 Å². The van der Waals surface area contributed by atoms with Gasteiger partial charge in [0.15, 0.2) is 0 Å². The van der Waals surface area contributed by atoms with E-state index in [1.165, 1.54) is 0 Å². The first kappa shape index (κ1) is 8.02. The lowest BCUT2D eigenvalue weighted by Crippen LogP contribution is -2.57. The summed E-state index contributed by atoms with van der Waals surface area (Å²) in [6, 6.07) is 0.305. The van der Waals surface area contributed by atoms with Crippen molar-refractivity contribution >= 4 is 5.71 Å². The third-order valence-electron chi connectivity index (χ3n) is 2.58. The van der Waals surface area contributed by atoms with Crippen molar-refractivity contribution in [2.24, 2.45) is 4.99 Å². The second-order valence-electron chi connectivity index (χ2n) is 3.52. The maximum atomic E-state index is 5.35. The highest BCUT2D eigenvalue weighted by molar-refractivity contribution is 6.01. The minimum absolute atomic E-state index is 0.135. The van der Waals surface area contributed by atoms with Crippen LogP contribution in [0.2, 0.25) is 0 Å². The molecule has 1 fully saturated rings. The number of hydrogen-bond donors (Lipinski definition) is 3. The Labute approximate surface area is 81.9 Å². The molecule has 0 aliphatic carbocycles. The van der Waals surface area contributed by atoms with Crippen LogP contribution in [0, 0.1) is 0 Å². The van der Waals surface area contributed by atoms with Crippen LogP contribution in [0.25, 0.3) is 0 Å². The molecule has 3 rings (SSSR count). The highest BCUT2D eigenvalue weighted by Crippen LogP contribution is 2.18. The summed E-state index contributed by atoms with van der Waals surface area (Å²) >= 11 is 0. The summed E-state index contributed by atoms with van der Waals surface area (Å²) in [5.74, 6) is 0.934. The molecule has 1 saturated heterocycles. The maximum Gasteiger partial charge on any atom is 0.143 e. The summed E-state index contributed by atoms with van der Waals surface area (Å²) in [6.45, 7) is 0.879. The molecule has 3 N–H and O–H groups in total. The highest BCUT2D eigenvalue weighted by atomic mass is 16.7. The van der Waals surface area contributed by atoms with E-state index in [1.807, 2.05) is 12.3 Å². The smallest absolute Gasteiger partial charge is 0.143 e. The largest absolute Gasteiger partial charge is 0.411 e. The van der Waals surface area contributed by atoms with Crippen LogP contribution in [0.4, 0.5) is 0 Å². The zero-order chi connectivity index (χ0) is 9.38. The van der Waals surface area contributed by atoms with E-state index in [-0.39, 0.29) is 6.17 Å². The van der Waals surface area contributed by atoms with Crippen molar-refractivity contribution in [1.29, 1.82) is 0 Å². The molecular formula is C9H12N4O. The highest BCUT2D eigenvalue weighted by Gasteiger charge is 2.30. The quantitative estimate of drug-likeness (QED) is 0.489. The van der Waals surface area contributed by atoms with Gasteiger partial charge in [0, 0.05) is 25.0 Å². The van der Waals surface area contributed by atoms with E-state index in [4.69, 9.17) is 4.84 Å². The van der Waals surface area contributed by atoms with Crippen molar-refractivity contribution in [3.63, 3.8) is 0 Å². The Morgan fingerprint density at radius 1 is 1.50 bits per heavy atom. The van der Waals surface area contributed by atoms with E-state index in [9.17, 15) is 0 Å². The average molecular weight is 192 g/mol. The van der Waals surface area contributed by atoms with Gasteiger partial charge in [-0.25, -0.2) is 0 Å². The average Bonchev–Trinajstić information content (AvgIpc) is 2.26. The van der Waals surface area contributed by atoms with Crippen LogP contribution >= 0.6 is 0 Å². The predicted octanol–water partition coefficient (Wildman–Crippen LogP) is -0.391. The third-order valence-corrected chi connectivity index (χ3v) is 2.58. The van der Waals surface area contributed by atoms with Gasteiger partial charge in [0.05, 0.1) is 11.8 Å². The number of fused-ring (bicyclic) bond motifs is 2. The van der Waals surface area contributed by atoms with Crippen LogP contribution in [-0.4, -0.2) is 24.5 Å². The summed E-state index contributed by atoms with van der Waals surface area (Å²) < 4.78 is 0. The van der Waals surface area contributed by atoms with Crippen LogP contribution in [0.1, 0.15) is 6.42 Å². The second kappa shape index (κ2) is 3.11. The molecule has 0 saturated carbocycles. The summed E-state index contributed by atoms with van der Waals surface area (Å²) in [7, 11) is 0. The molecule has 0 aromatic heterocycles. The van der Waals surface area contributed by atoms with Gasteiger partial charge in [-0.15, -0.1) is 0 Å². The predicted molar refractivity (Wildman–Crippen MR) is 52.2 cm³/mol. The van der Waals surface area contributed by atoms with E-state index < -0.39 is 0 Å². The Kier molecular flexibility index (Phi) is 1.78. The normalized spacial score (nSPS) is 34.3. The van der Waals surface area contributed by atoms with Gasteiger partial charge in [-0.05, 0) is 6.42 Å². The van der Waals surface area contributed by atoms with Gasteiger partial charge in [0.2, 0.25) is 0 Å². The monoisotopic (exact) mass is 192 g/mol. The van der Waals surface area contributed by atoms with Crippen LogP contribution < -0.4 is 16.1 Å². The van der Waals surface area contributed by atoms with E-state index in [0.29, 0.717) is 6.04 Å². The van der Waals surface area contributed by atoms with Gasteiger partial charge < -0.3 is 10.2 Å². The van der Waals surface area contributed by atoms with Crippen LogP contribution in [-0.2, 0) is 4.84 Å². The van der Waals surface area contributed by atoms with Crippen molar-refractivity contribution in [1.82, 2.24) is 16.1 Å². The lowest BCUT2D eigenvalue weighted by atomic mass is 10.0. The fraction of sp³-hybridized carbons (Fsp3) is 0.444. The second-order valence-corrected chi connectivity index (χ2v) is 3.52. The zero-order valence-electron chi connectivity index (χ0n) is 7.66. The Morgan fingerprint density at radius 3 is 3.50 bits per heavy atom.